The van der Waals surface area contributed by atoms with Gasteiger partial charge in [-0.1, -0.05) is 0 Å². The summed E-state index contributed by atoms with van der Waals surface area (Å²) in [5.74, 6) is 0.745. The second-order valence-corrected chi connectivity index (χ2v) is 5.36. The second-order valence-electron chi connectivity index (χ2n) is 4.50. The maximum Gasteiger partial charge on any atom is 0.235 e. The third-order valence-corrected chi connectivity index (χ3v) is 4.17. The van der Waals surface area contributed by atoms with E-state index in [4.69, 9.17) is 4.74 Å². The summed E-state index contributed by atoms with van der Waals surface area (Å²) in [6.07, 6.45) is 4.13. The number of hydrogen-bond donors (Lipinski definition) is 1. The summed E-state index contributed by atoms with van der Waals surface area (Å²) in [6, 6.07) is 1.78. The highest BCUT2D eigenvalue weighted by Gasteiger charge is 2.41. The minimum Gasteiger partial charge on any atom is -0.507 e. The number of methoxy groups -OCH3 is 1. The van der Waals surface area contributed by atoms with Crippen molar-refractivity contribution in [2.24, 2.45) is 4.99 Å². The quantitative estimate of drug-likeness (QED) is 0.689. The van der Waals surface area contributed by atoms with E-state index in [9.17, 15) is 9.90 Å². The molecule has 4 nitrogen and oxygen atoms in total. The molecule has 0 heterocycles. The summed E-state index contributed by atoms with van der Waals surface area (Å²) in [6.45, 7) is 1.78. The molecule has 0 aliphatic heterocycles. The Morgan fingerprint density at radius 1 is 1.56 bits per heavy atom. The number of phenols is 1. The van der Waals surface area contributed by atoms with E-state index in [-0.39, 0.29) is 5.75 Å². The molecule has 1 aromatic rings. The van der Waals surface area contributed by atoms with Crippen molar-refractivity contribution in [3.05, 3.63) is 21.7 Å². The van der Waals surface area contributed by atoms with Gasteiger partial charge in [-0.3, -0.25) is 0 Å². The molecule has 1 fully saturated rings. The summed E-state index contributed by atoms with van der Waals surface area (Å²) < 4.78 is 5.97. The van der Waals surface area contributed by atoms with Gasteiger partial charge in [-0.25, -0.2) is 4.79 Å². The lowest BCUT2D eigenvalue weighted by molar-refractivity contribution is 0.246. The molecule has 96 valence electrons. The zero-order valence-electron chi connectivity index (χ0n) is 10.3. The Morgan fingerprint density at radius 2 is 2.22 bits per heavy atom. The van der Waals surface area contributed by atoms with Gasteiger partial charge in [0.25, 0.3) is 0 Å². The van der Waals surface area contributed by atoms with Crippen molar-refractivity contribution in [1.29, 1.82) is 0 Å². The van der Waals surface area contributed by atoms with Crippen LogP contribution in [0, 0.1) is 6.92 Å². The van der Waals surface area contributed by atoms with E-state index in [2.05, 4.69) is 20.9 Å². The van der Waals surface area contributed by atoms with Crippen molar-refractivity contribution in [2.45, 2.75) is 31.7 Å². The van der Waals surface area contributed by atoms with Gasteiger partial charge in [-0.05, 0) is 48.2 Å². The van der Waals surface area contributed by atoms with Gasteiger partial charge in [0.05, 0.1) is 11.6 Å². The van der Waals surface area contributed by atoms with E-state index in [0.29, 0.717) is 16.9 Å². The Labute approximate surface area is 114 Å². The van der Waals surface area contributed by atoms with Crippen molar-refractivity contribution < 1.29 is 14.6 Å². The van der Waals surface area contributed by atoms with Gasteiger partial charge in [0.15, 0.2) is 0 Å². The smallest absolute Gasteiger partial charge is 0.235 e. The normalized spacial score (nSPS) is 16.6. The minimum absolute atomic E-state index is 0.147. The number of carbonyl (C=O) groups excluding carboxylic acids is 1. The summed E-state index contributed by atoms with van der Waals surface area (Å²) >= 11 is 3.41. The number of hydrogen-bond acceptors (Lipinski definition) is 4. The zero-order valence-corrected chi connectivity index (χ0v) is 11.9. The highest BCUT2D eigenvalue weighted by molar-refractivity contribution is 9.10. The molecule has 1 aliphatic carbocycles. The number of phenolic OH excluding ortho intramolecular Hbond substituents is 1. The van der Waals surface area contributed by atoms with E-state index >= 15 is 0 Å². The first kappa shape index (κ1) is 13.1. The van der Waals surface area contributed by atoms with Crippen molar-refractivity contribution >= 4 is 22.0 Å². The van der Waals surface area contributed by atoms with E-state index in [1.807, 2.05) is 0 Å². The van der Waals surface area contributed by atoms with E-state index in [0.717, 1.165) is 23.7 Å². The lowest BCUT2D eigenvalue weighted by Gasteiger charge is -2.38. The summed E-state index contributed by atoms with van der Waals surface area (Å²) in [5, 5.41) is 10.3. The fourth-order valence-electron chi connectivity index (χ4n) is 2.40. The largest absolute Gasteiger partial charge is 0.507 e. The fourth-order valence-corrected chi connectivity index (χ4v) is 3.08. The van der Waals surface area contributed by atoms with Gasteiger partial charge in [0.2, 0.25) is 6.08 Å². The Hall–Kier alpha value is -1.32. The molecule has 2 rings (SSSR count). The number of nitrogens with zero attached hydrogens (tertiary/aromatic N) is 1. The summed E-state index contributed by atoms with van der Waals surface area (Å²) in [7, 11) is 1.55. The molecule has 0 unspecified atom stereocenters. The Morgan fingerprint density at radius 3 is 2.67 bits per heavy atom. The summed E-state index contributed by atoms with van der Waals surface area (Å²) in [5.41, 5.74) is 0.710. The van der Waals surface area contributed by atoms with Gasteiger partial charge in [0, 0.05) is 11.1 Å². The monoisotopic (exact) mass is 311 g/mol. The average Bonchev–Trinajstić information content (AvgIpc) is 2.29. The van der Waals surface area contributed by atoms with Crippen molar-refractivity contribution in [2.75, 3.05) is 7.11 Å². The molecule has 0 aromatic heterocycles. The van der Waals surface area contributed by atoms with Gasteiger partial charge in [0.1, 0.15) is 17.0 Å². The maximum absolute atomic E-state index is 10.6. The SMILES string of the molecule is COc1c(Br)cc(C2(N=C=O)CCC2)c(O)c1C. The van der Waals surface area contributed by atoms with Crippen LogP contribution in [-0.4, -0.2) is 18.3 Å². The van der Waals surface area contributed by atoms with Crippen LogP contribution in [0.1, 0.15) is 30.4 Å². The van der Waals surface area contributed by atoms with Crippen LogP contribution >= 0.6 is 15.9 Å². The van der Waals surface area contributed by atoms with Crippen molar-refractivity contribution in [3.63, 3.8) is 0 Å². The molecule has 1 N–H and O–H groups in total. The molecule has 0 atom stereocenters. The lowest BCUT2D eigenvalue weighted by atomic mass is 9.71. The second kappa shape index (κ2) is 4.75. The van der Waals surface area contributed by atoms with Crippen LogP contribution in [0.15, 0.2) is 15.5 Å². The Balaban J connectivity index is 2.62. The standard InChI is InChI=1S/C13H14BrNO3/c1-8-11(17)9(6-10(14)12(8)18-2)13(15-7-16)4-3-5-13/h6,17H,3-5H2,1-2H3. The van der Waals surface area contributed by atoms with E-state index in [1.54, 1.807) is 26.2 Å². The van der Waals surface area contributed by atoms with E-state index in [1.165, 1.54) is 0 Å². The van der Waals surface area contributed by atoms with Gasteiger partial charge < -0.3 is 9.84 Å². The molecule has 0 bridgehead atoms. The lowest BCUT2D eigenvalue weighted by Crippen LogP contribution is -2.32. The van der Waals surface area contributed by atoms with Crippen LogP contribution in [0.5, 0.6) is 11.5 Å². The fraction of sp³-hybridized carbons (Fsp3) is 0.462. The van der Waals surface area contributed by atoms with Crippen molar-refractivity contribution in [1.82, 2.24) is 0 Å². The molecule has 0 spiro atoms. The average molecular weight is 312 g/mol. The number of ether oxygens (including phenoxy) is 1. The molecule has 18 heavy (non-hydrogen) atoms. The predicted octanol–water partition coefficient (Wildman–Crippen LogP) is 3.19. The number of aromatic hydroxyl groups is 1. The molecule has 0 saturated heterocycles. The number of halogens is 1. The van der Waals surface area contributed by atoms with Gasteiger partial charge >= 0.3 is 0 Å². The van der Waals surface area contributed by atoms with Crippen LogP contribution in [0.3, 0.4) is 0 Å². The first-order valence-electron chi connectivity index (χ1n) is 5.71. The molecular weight excluding hydrogens is 298 g/mol. The number of isocyanates is 1. The summed E-state index contributed by atoms with van der Waals surface area (Å²) in [4.78, 5) is 14.5. The van der Waals surface area contributed by atoms with Crippen LogP contribution in [-0.2, 0) is 10.3 Å². The van der Waals surface area contributed by atoms with Crippen LogP contribution < -0.4 is 4.74 Å². The molecule has 1 saturated carbocycles. The minimum atomic E-state index is -0.606. The van der Waals surface area contributed by atoms with Gasteiger partial charge in [-0.15, -0.1) is 0 Å². The molecule has 5 heteroatoms. The number of rotatable bonds is 3. The zero-order chi connectivity index (χ0) is 13.3. The molecule has 0 amide bonds. The third-order valence-electron chi connectivity index (χ3n) is 3.58. The van der Waals surface area contributed by atoms with Crippen LogP contribution in [0.2, 0.25) is 0 Å². The highest BCUT2D eigenvalue weighted by atomic mass is 79.9. The highest BCUT2D eigenvalue weighted by Crippen LogP contribution is 2.51. The predicted molar refractivity (Wildman–Crippen MR) is 70.7 cm³/mol. The van der Waals surface area contributed by atoms with Crippen molar-refractivity contribution in [3.8, 4) is 11.5 Å². The number of aliphatic imine (C=N–C) groups is 1. The maximum atomic E-state index is 10.6. The Kier molecular flexibility index (Phi) is 3.46. The number of benzene rings is 1. The van der Waals surface area contributed by atoms with E-state index < -0.39 is 5.54 Å². The van der Waals surface area contributed by atoms with Crippen LogP contribution in [0.25, 0.3) is 0 Å². The Bertz CT molecular complexity index is 532. The van der Waals surface area contributed by atoms with Crippen LogP contribution in [0.4, 0.5) is 0 Å². The topological polar surface area (TPSA) is 58.9 Å². The van der Waals surface area contributed by atoms with Gasteiger partial charge in [-0.2, -0.15) is 4.99 Å². The molecular formula is C13H14BrNO3. The molecule has 1 aliphatic rings. The first-order chi connectivity index (χ1) is 8.55. The third kappa shape index (κ3) is 1.84. The molecule has 1 aromatic carbocycles. The molecule has 0 radical (unpaired) electrons. The first-order valence-corrected chi connectivity index (χ1v) is 6.50.